The van der Waals surface area contributed by atoms with E-state index in [4.69, 9.17) is 10.4 Å². The summed E-state index contributed by atoms with van der Waals surface area (Å²) in [7, 11) is 0. The van der Waals surface area contributed by atoms with E-state index in [1.807, 2.05) is 0 Å². The minimum atomic E-state index is -1.36. The minimum absolute atomic E-state index is 0.0718. The molecule has 1 rings (SSSR count). The first-order valence-corrected chi connectivity index (χ1v) is 3.98. The molecule has 1 N–H and O–H groups in total. The maximum atomic E-state index is 13.1. The molecular formula is C8H3BrFNO2. The van der Waals surface area contributed by atoms with Gasteiger partial charge in [-0.1, -0.05) is 0 Å². The van der Waals surface area contributed by atoms with Gasteiger partial charge in [-0.15, -0.1) is 0 Å². The summed E-state index contributed by atoms with van der Waals surface area (Å²) >= 11 is 2.80. The molecule has 0 spiro atoms. The second-order valence-electron chi connectivity index (χ2n) is 2.21. The van der Waals surface area contributed by atoms with Crippen molar-refractivity contribution in [2.45, 2.75) is 0 Å². The SMILES string of the molecule is N#Cc1ccc(C(=O)O)c(F)c1Br. The van der Waals surface area contributed by atoms with Crippen LogP contribution in [0.15, 0.2) is 16.6 Å². The van der Waals surface area contributed by atoms with Crippen LogP contribution in [-0.2, 0) is 0 Å². The number of nitriles is 1. The van der Waals surface area contributed by atoms with Crippen molar-refractivity contribution >= 4 is 21.9 Å². The number of hydrogen-bond acceptors (Lipinski definition) is 2. The number of carboxylic acids is 1. The van der Waals surface area contributed by atoms with E-state index in [-0.39, 0.29) is 10.0 Å². The molecule has 0 aliphatic carbocycles. The molecular weight excluding hydrogens is 241 g/mol. The van der Waals surface area contributed by atoms with Crippen molar-refractivity contribution in [3.63, 3.8) is 0 Å². The fraction of sp³-hybridized carbons (Fsp3) is 0. The standard InChI is InChI=1S/C8H3BrFNO2/c9-6-4(3-11)1-2-5(7(6)10)8(12)13/h1-2H,(H,12,13). The Balaban J connectivity index is 3.42. The van der Waals surface area contributed by atoms with Crippen LogP contribution in [0, 0.1) is 17.1 Å². The van der Waals surface area contributed by atoms with Gasteiger partial charge in [0.1, 0.15) is 6.07 Å². The van der Waals surface area contributed by atoms with Crippen LogP contribution in [-0.4, -0.2) is 11.1 Å². The zero-order chi connectivity index (χ0) is 10.0. The van der Waals surface area contributed by atoms with Crippen LogP contribution in [0.3, 0.4) is 0 Å². The number of aromatic carboxylic acids is 1. The van der Waals surface area contributed by atoms with Crippen molar-refractivity contribution in [3.8, 4) is 6.07 Å². The Morgan fingerprint density at radius 1 is 1.62 bits per heavy atom. The average Bonchev–Trinajstić information content (AvgIpc) is 2.09. The van der Waals surface area contributed by atoms with E-state index in [1.54, 1.807) is 6.07 Å². The van der Waals surface area contributed by atoms with Crippen LogP contribution in [0.1, 0.15) is 15.9 Å². The molecule has 1 aromatic carbocycles. The average molecular weight is 244 g/mol. The summed E-state index contributed by atoms with van der Waals surface area (Å²) in [6.07, 6.45) is 0. The molecule has 66 valence electrons. The Hall–Kier alpha value is -1.41. The second-order valence-corrected chi connectivity index (χ2v) is 3.00. The van der Waals surface area contributed by atoms with Gasteiger partial charge >= 0.3 is 5.97 Å². The van der Waals surface area contributed by atoms with E-state index in [0.29, 0.717) is 0 Å². The lowest BCUT2D eigenvalue weighted by atomic mass is 10.1. The molecule has 0 radical (unpaired) electrons. The molecule has 1 aromatic rings. The van der Waals surface area contributed by atoms with Gasteiger partial charge in [0.25, 0.3) is 0 Å². The molecule has 0 fully saturated rings. The molecule has 0 bridgehead atoms. The lowest BCUT2D eigenvalue weighted by Gasteiger charge is -2.00. The third-order valence-electron chi connectivity index (χ3n) is 1.43. The Bertz CT molecular complexity index is 411. The summed E-state index contributed by atoms with van der Waals surface area (Å²) in [6, 6.07) is 4.03. The number of nitrogens with zero attached hydrogens (tertiary/aromatic N) is 1. The summed E-state index contributed by atoms with van der Waals surface area (Å²) in [4.78, 5) is 10.4. The highest BCUT2D eigenvalue weighted by Gasteiger charge is 2.15. The van der Waals surface area contributed by atoms with Gasteiger partial charge in [-0.05, 0) is 28.1 Å². The van der Waals surface area contributed by atoms with E-state index in [1.165, 1.54) is 6.07 Å². The summed E-state index contributed by atoms with van der Waals surface area (Å²) in [5.74, 6) is -2.28. The van der Waals surface area contributed by atoms with Crippen molar-refractivity contribution in [1.29, 1.82) is 5.26 Å². The van der Waals surface area contributed by atoms with Gasteiger partial charge < -0.3 is 5.11 Å². The molecule has 13 heavy (non-hydrogen) atoms. The Labute approximate surface area is 81.5 Å². The predicted octanol–water partition coefficient (Wildman–Crippen LogP) is 2.16. The first kappa shape index (κ1) is 9.68. The zero-order valence-corrected chi connectivity index (χ0v) is 7.80. The Morgan fingerprint density at radius 2 is 2.23 bits per heavy atom. The van der Waals surface area contributed by atoms with Crippen molar-refractivity contribution in [1.82, 2.24) is 0 Å². The maximum absolute atomic E-state index is 13.1. The van der Waals surface area contributed by atoms with Crippen molar-refractivity contribution in [3.05, 3.63) is 33.5 Å². The summed E-state index contributed by atoms with van der Waals surface area (Å²) in [5, 5.41) is 17.0. The smallest absolute Gasteiger partial charge is 0.338 e. The highest BCUT2D eigenvalue weighted by molar-refractivity contribution is 9.10. The molecule has 3 nitrogen and oxygen atoms in total. The first-order chi connectivity index (χ1) is 6.07. The quantitative estimate of drug-likeness (QED) is 0.823. The van der Waals surface area contributed by atoms with Gasteiger partial charge in [0.2, 0.25) is 0 Å². The van der Waals surface area contributed by atoms with Crippen LogP contribution in [0.25, 0.3) is 0 Å². The van der Waals surface area contributed by atoms with Crippen molar-refractivity contribution in [2.24, 2.45) is 0 Å². The molecule has 0 unspecified atom stereocenters. The van der Waals surface area contributed by atoms with Crippen molar-refractivity contribution in [2.75, 3.05) is 0 Å². The number of hydrogen-bond donors (Lipinski definition) is 1. The molecule has 0 atom stereocenters. The normalized spacial score (nSPS) is 9.31. The van der Waals surface area contributed by atoms with Crippen LogP contribution >= 0.6 is 15.9 Å². The van der Waals surface area contributed by atoms with Gasteiger partial charge in [0.05, 0.1) is 15.6 Å². The zero-order valence-electron chi connectivity index (χ0n) is 6.21. The molecule has 0 aromatic heterocycles. The first-order valence-electron chi connectivity index (χ1n) is 3.19. The predicted molar refractivity (Wildman–Crippen MR) is 45.8 cm³/mol. The monoisotopic (exact) mass is 243 g/mol. The van der Waals surface area contributed by atoms with Gasteiger partial charge in [-0.2, -0.15) is 5.26 Å². The third kappa shape index (κ3) is 1.68. The maximum Gasteiger partial charge on any atom is 0.338 e. The van der Waals surface area contributed by atoms with Crippen LogP contribution in [0.5, 0.6) is 0 Å². The fourth-order valence-corrected chi connectivity index (χ4v) is 1.24. The number of carbonyl (C=O) groups is 1. The second kappa shape index (κ2) is 3.54. The molecule has 0 saturated carbocycles. The largest absolute Gasteiger partial charge is 0.478 e. The van der Waals surface area contributed by atoms with Gasteiger partial charge in [0, 0.05) is 0 Å². The van der Waals surface area contributed by atoms with E-state index < -0.39 is 17.3 Å². The Kier molecular flexibility index (Phi) is 2.63. The fourth-order valence-electron chi connectivity index (χ4n) is 0.801. The number of benzene rings is 1. The van der Waals surface area contributed by atoms with Crippen LogP contribution in [0.2, 0.25) is 0 Å². The number of rotatable bonds is 1. The van der Waals surface area contributed by atoms with E-state index in [2.05, 4.69) is 15.9 Å². The van der Waals surface area contributed by atoms with Crippen LogP contribution < -0.4 is 0 Å². The minimum Gasteiger partial charge on any atom is -0.478 e. The van der Waals surface area contributed by atoms with Gasteiger partial charge in [-0.25, -0.2) is 9.18 Å². The summed E-state index contributed by atoms with van der Waals surface area (Å²) < 4.78 is 13.0. The summed E-state index contributed by atoms with van der Waals surface area (Å²) in [5.41, 5.74) is -0.381. The van der Waals surface area contributed by atoms with Crippen LogP contribution in [0.4, 0.5) is 4.39 Å². The lowest BCUT2D eigenvalue weighted by molar-refractivity contribution is 0.0691. The molecule has 0 amide bonds. The van der Waals surface area contributed by atoms with Gasteiger partial charge in [-0.3, -0.25) is 0 Å². The highest BCUT2D eigenvalue weighted by atomic mass is 79.9. The molecule has 0 saturated heterocycles. The van der Waals surface area contributed by atoms with E-state index in [9.17, 15) is 9.18 Å². The van der Waals surface area contributed by atoms with E-state index in [0.717, 1.165) is 6.07 Å². The summed E-state index contributed by atoms with van der Waals surface area (Å²) in [6.45, 7) is 0. The Morgan fingerprint density at radius 3 is 2.69 bits per heavy atom. The third-order valence-corrected chi connectivity index (χ3v) is 2.21. The number of carboxylic acid groups (broad SMARTS) is 1. The molecule has 0 heterocycles. The van der Waals surface area contributed by atoms with Crippen molar-refractivity contribution < 1.29 is 14.3 Å². The highest BCUT2D eigenvalue weighted by Crippen LogP contribution is 2.23. The molecule has 5 heteroatoms. The lowest BCUT2D eigenvalue weighted by Crippen LogP contribution is -2.01. The topological polar surface area (TPSA) is 61.1 Å². The van der Waals surface area contributed by atoms with E-state index >= 15 is 0 Å². The molecule has 0 aliphatic rings. The molecule has 0 aliphatic heterocycles. The van der Waals surface area contributed by atoms with Gasteiger partial charge in [0.15, 0.2) is 5.82 Å². The number of halogens is 2.